The first kappa shape index (κ1) is 20.1. The van der Waals surface area contributed by atoms with Crippen molar-refractivity contribution >= 4 is 40.7 Å². The van der Waals surface area contributed by atoms with Crippen molar-refractivity contribution in [2.45, 2.75) is 19.8 Å². The lowest BCUT2D eigenvalue weighted by Crippen LogP contribution is -2.29. The largest absolute Gasteiger partial charge is 0.494 e. The quantitative estimate of drug-likeness (QED) is 0.662. The fourth-order valence-electron chi connectivity index (χ4n) is 2.28. The van der Waals surface area contributed by atoms with Crippen LogP contribution in [0.4, 0.5) is 5.69 Å². The normalized spacial score (nSPS) is 10.3. The highest BCUT2D eigenvalue weighted by Gasteiger charge is 2.10. The van der Waals surface area contributed by atoms with Crippen molar-refractivity contribution in [1.29, 1.82) is 0 Å². The second kappa shape index (κ2) is 10.0. The van der Waals surface area contributed by atoms with Gasteiger partial charge in [-0.25, -0.2) is 0 Å². The van der Waals surface area contributed by atoms with E-state index in [9.17, 15) is 9.59 Å². The van der Waals surface area contributed by atoms with Gasteiger partial charge in [-0.3, -0.25) is 9.59 Å². The molecule has 0 heterocycles. The molecule has 0 fully saturated rings. The first-order chi connectivity index (χ1) is 12.5. The number of halogens is 2. The highest BCUT2D eigenvalue weighted by Crippen LogP contribution is 2.21. The predicted octanol–water partition coefficient (Wildman–Crippen LogP) is 4.08. The number of nitrogens with one attached hydrogen (secondary N) is 2. The van der Waals surface area contributed by atoms with E-state index in [-0.39, 0.29) is 18.2 Å². The fourth-order valence-corrected chi connectivity index (χ4v) is 2.78. The van der Waals surface area contributed by atoms with E-state index in [2.05, 4.69) is 10.6 Å². The van der Waals surface area contributed by atoms with E-state index in [0.717, 1.165) is 11.3 Å². The van der Waals surface area contributed by atoms with Gasteiger partial charge in [0.05, 0.1) is 6.61 Å². The van der Waals surface area contributed by atoms with E-state index >= 15 is 0 Å². The van der Waals surface area contributed by atoms with E-state index < -0.39 is 0 Å². The molecule has 0 saturated heterocycles. The van der Waals surface area contributed by atoms with E-state index in [0.29, 0.717) is 35.3 Å². The maximum atomic E-state index is 11.9. The Morgan fingerprint density at radius 1 is 1.04 bits per heavy atom. The molecule has 0 unspecified atom stereocenters. The average Bonchev–Trinajstić information content (AvgIpc) is 2.59. The minimum atomic E-state index is -0.379. The summed E-state index contributed by atoms with van der Waals surface area (Å²) >= 11 is 11.9. The highest BCUT2D eigenvalue weighted by molar-refractivity contribution is 6.35. The summed E-state index contributed by atoms with van der Waals surface area (Å²) < 4.78 is 5.33. The Morgan fingerprint density at radius 3 is 2.42 bits per heavy atom. The number of amides is 2. The zero-order valence-electron chi connectivity index (χ0n) is 14.4. The summed E-state index contributed by atoms with van der Waals surface area (Å²) in [6, 6.07) is 12.2. The molecule has 26 heavy (non-hydrogen) atoms. The van der Waals surface area contributed by atoms with E-state index in [4.69, 9.17) is 27.9 Å². The molecule has 2 aromatic carbocycles. The van der Waals surface area contributed by atoms with Crippen LogP contribution >= 0.6 is 23.2 Å². The molecule has 0 radical (unpaired) electrons. The Hall–Kier alpha value is -2.24. The van der Waals surface area contributed by atoms with E-state index in [1.807, 2.05) is 13.0 Å². The maximum Gasteiger partial charge on any atom is 0.233 e. The zero-order chi connectivity index (χ0) is 18.9. The first-order valence-electron chi connectivity index (χ1n) is 8.21. The summed E-state index contributed by atoms with van der Waals surface area (Å²) in [5.41, 5.74) is 1.49. The lowest BCUT2D eigenvalue weighted by molar-refractivity contribution is -0.126. The Bertz CT molecular complexity index is 764. The molecule has 2 rings (SSSR count). The van der Waals surface area contributed by atoms with Gasteiger partial charge in [0, 0.05) is 22.3 Å². The first-order valence-corrected chi connectivity index (χ1v) is 8.97. The molecule has 2 amide bonds. The summed E-state index contributed by atoms with van der Waals surface area (Å²) in [4.78, 5) is 23.8. The molecule has 0 bridgehead atoms. The third-order valence-corrected chi connectivity index (χ3v) is 4.09. The predicted molar refractivity (Wildman–Crippen MR) is 104 cm³/mol. The van der Waals surface area contributed by atoms with Crippen LogP contribution in [-0.4, -0.2) is 25.0 Å². The zero-order valence-corrected chi connectivity index (χ0v) is 15.9. The molecule has 0 aromatic heterocycles. The monoisotopic (exact) mass is 394 g/mol. The van der Waals surface area contributed by atoms with Crippen LogP contribution in [0.5, 0.6) is 5.75 Å². The van der Waals surface area contributed by atoms with Crippen LogP contribution in [0.1, 0.15) is 18.9 Å². The number of carbonyl (C=O) groups is 2. The molecule has 138 valence electrons. The van der Waals surface area contributed by atoms with Gasteiger partial charge >= 0.3 is 0 Å². The van der Waals surface area contributed by atoms with Gasteiger partial charge in [-0.1, -0.05) is 29.3 Å². The molecule has 5 nitrogen and oxygen atoms in total. The molecule has 2 aromatic rings. The van der Waals surface area contributed by atoms with E-state index in [1.54, 1.807) is 36.4 Å². The minimum absolute atomic E-state index is 0.248. The maximum absolute atomic E-state index is 11.9. The number of ether oxygens (including phenoxy) is 1. The lowest BCUT2D eigenvalue weighted by atomic mass is 10.1. The number of hydrogen-bond acceptors (Lipinski definition) is 3. The molecule has 0 aliphatic heterocycles. The molecule has 7 heteroatoms. The molecule has 0 atom stereocenters. The van der Waals surface area contributed by atoms with Crippen LogP contribution in [0.2, 0.25) is 10.0 Å². The van der Waals surface area contributed by atoms with Crippen molar-refractivity contribution in [1.82, 2.24) is 5.32 Å². The van der Waals surface area contributed by atoms with Gasteiger partial charge in [0.2, 0.25) is 11.8 Å². The Balaban J connectivity index is 1.73. The summed E-state index contributed by atoms with van der Waals surface area (Å²) in [5, 5.41) is 6.50. The molecule has 2 N–H and O–H groups in total. The second-order valence-corrected chi connectivity index (χ2v) is 6.36. The van der Waals surface area contributed by atoms with Crippen LogP contribution < -0.4 is 15.4 Å². The molecular weight excluding hydrogens is 375 g/mol. The molecule has 0 saturated carbocycles. The Kier molecular flexibility index (Phi) is 7.75. The molecular formula is C19H20Cl2N2O3. The number of carbonyl (C=O) groups excluding carboxylic acids is 2. The summed E-state index contributed by atoms with van der Waals surface area (Å²) in [5.74, 6) is -0.00110. The number of benzene rings is 2. The van der Waals surface area contributed by atoms with Gasteiger partial charge in [0.15, 0.2) is 0 Å². The third-order valence-electron chi connectivity index (χ3n) is 3.50. The highest BCUT2D eigenvalue weighted by atomic mass is 35.5. The Labute approximate surface area is 162 Å². The second-order valence-electron chi connectivity index (χ2n) is 5.52. The van der Waals surface area contributed by atoms with Crippen LogP contribution in [0.3, 0.4) is 0 Å². The van der Waals surface area contributed by atoms with Crippen molar-refractivity contribution in [3.05, 3.63) is 58.1 Å². The fraction of sp³-hybridized carbons (Fsp3) is 0.263. The topological polar surface area (TPSA) is 67.4 Å². The van der Waals surface area contributed by atoms with Gasteiger partial charge in [-0.2, -0.15) is 0 Å². The van der Waals surface area contributed by atoms with Crippen molar-refractivity contribution in [2.75, 3.05) is 18.5 Å². The summed E-state index contributed by atoms with van der Waals surface area (Å²) in [6.07, 6.45) is 0.309. The SMILES string of the molecule is CCOc1ccc(NC(=O)CC(=O)NCCc2ccc(Cl)cc2Cl)cc1. The lowest BCUT2D eigenvalue weighted by Gasteiger charge is -2.08. The number of rotatable bonds is 8. The van der Waals surface area contributed by atoms with Crippen LogP contribution in [0.15, 0.2) is 42.5 Å². The smallest absolute Gasteiger partial charge is 0.233 e. The van der Waals surface area contributed by atoms with Gasteiger partial charge in [0.1, 0.15) is 12.2 Å². The van der Waals surface area contributed by atoms with Gasteiger partial charge < -0.3 is 15.4 Å². The molecule has 0 aliphatic rings. The van der Waals surface area contributed by atoms with Crippen molar-refractivity contribution in [3.63, 3.8) is 0 Å². The summed E-state index contributed by atoms with van der Waals surface area (Å²) in [7, 11) is 0. The summed E-state index contributed by atoms with van der Waals surface area (Å²) in [6.45, 7) is 2.86. The number of hydrogen-bond donors (Lipinski definition) is 2. The molecule has 0 spiro atoms. The van der Waals surface area contributed by atoms with E-state index in [1.165, 1.54) is 0 Å². The van der Waals surface area contributed by atoms with Crippen molar-refractivity contribution < 1.29 is 14.3 Å². The Morgan fingerprint density at radius 2 is 1.77 bits per heavy atom. The standard InChI is InChI=1S/C19H20Cl2N2O3/c1-2-26-16-7-5-15(6-8-16)23-19(25)12-18(24)22-10-9-13-3-4-14(20)11-17(13)21/h3-8,11H,2,9-10,12H2,1H3,(H,22,24)(H,23,25). The minimum Gasteiger partial charge on any atom is -0.494 e. The van der Waals surface area contributed by atoms with Crippen LogP contribution in [-0.2, 0) is 16.0 Å². The van der Waals surface area contributed by atoms with Gasteiger partial charge in [-0.05, 0) is 55.3 Å². The van der Waals surface area contributed by atoms with Gasteiger partial charge in [0.25, 0.3) is 0 Å². The van der Waals surface area contributed by atoms with Crippen molar-refractivity contribution in [3.8, 4) is 5.75 Å². The third kappa shape index (κ3) is 6.58. The molecule has 0 aliphatic carbocycles. The van der Waals surface area contributed by atoms with Crippen LogP contribution in [0, 0.1) is 0 Å². The average molecular weight is 395 g/mol. The van der Waals surface area contributed by atoms with Crippen molar-refractivity contribution in [2.24, 2.45) is 0 Å². The van der Waals surface area contributed by atoms with Gasteiger partial charge in [-0.15, -0.1) is 0 Å². The number of anilines is 1. The van der Waals surface area contributed by atoms with Crippen LogP contribution in [0.25, 0.3) is 0 Å².